The van der Waals surface area contributed by atoms with Crippen LogP contribution in [0.3, 0.4) is 0 Å². The fourth-order valence-electron chi connectivity index (χ4n) is 3.42. The summed E-state index contributed by atoms with van der Waals surface area (Å²) < 4.78 is 5.33. The topological polar surface area (TPSA) is 92.9 Å². The molecule has 6 heteroatoms. The Balaban J connectivity index is 2.54. The molecule has 0 atom stereocenters. The van der Waals surface area contributed by atoms with Gasteiger partial charge in [0, 0.05) is 13.1 Å². The molecule has 0 aliphatic carbocycles. The molecule has 2 amide bonds. The van der Waals surface area contributed by atoms with E-state index in [4.69, 9.17) is 15.6 Å². The molecule has 24 heavy (non-hydrogen) atoms. The molecular formula is C18H26N2O4. The highest BCUT2D eigenvalue weighted by Crippen LogP contribution is 2.42. The Bertz CT molecular complexity index is 641. The van der Waals surface area contributed by atoms with Crippen LogP contribution in [0.5, 0.6) is 5.75 Å². The van der Waals surface area contributed by atoms with Crippen molar-refractivity contribution in [1.82, 2.24) is 4.90 Å². The lowest BCUT2D eigenvalue weighted by molar-refractivity contribution is -0.125. The highest BCUT2D eigenvalue weighted by molar-refractivity contribution is 5.88. The molecule has 0 spiro atoms. The van der Waals surface area contributed by atoms with Crippen LogP contribution in [-0.2, 0) is 15.6 Å². The number of nitrogens with zero attached hydrogens (tertiary/aromatic N) is 1. The second-order valence-corrected chi connectivity index (χ2v) is 7.38. The molecule has 0 aromatic heterocycles. The largest absolute Gasteiger partial charge is 0.497 e. The number of carbonyl (C=O) groups excluding carboxylic acids is 1. The van der Waals surface area contributed by atoms with Gasteiger partial charge < -0.3 is 20.5 Å². The fourth-order valence-corrected chi connectivity index (χ4v) is 3.42. The number of carboxylic acid groups (broad SMARTS) is 1. The zero-order valence-electron chi connectivity index (χ0n) is 14.8. The van der Waals surface area contributed by atoms with E-state index in [1.54, 1.807) is 7.11 Å². The Labute approximate surface area is 142 Å². The fraction of sp³-hybridized carbons (Fsp3) is 0.556. The van der Waals surface area contributed by atoms with E-state index in [1.165, 1.54) is 4.90 Å². The van der Waals surface area contributed by atoms with Crippen molar-refractivity contribution in [3.63, 3.8) is 0 Å². The van der Waals surface area contributed by atoms with Crippen LogP contribution in [0.25, 0.3) is 0 Å². The van der Waals surface area contributed by atoms with Gasteiger partial charge in [0.1, 0.15) is 5.75 Å². The third-order valence-corrected chi connectivity index (χ3v) is 4.91. The number of amides is 2. The Morgan fingerprint density at radius 1 is 1.25 bits per heavy atom. The highest BCUT2D eigenvalue weighted by atomic mass is 16.5. The molecule has 1 heterocycles. The number of benzene rings is 1. The number of methoxy groups -OCH3 is 1. The Hall–Kier alpha value is -2.24. The molecule has 1 aliphatic heterocycles. The predicted octanol–water partition coefficient (Wildman–Crippen LogP) is 2.49. The van der Waals surface area contributed by atoms with Crippen molar-refractivity contribution in [2.75, 3.05) is 20.2 Å². The van der Waals surface area contributed by atoms with Gasteiger partial charge in [-0.3, -0.25) is 4.79 Å². The molecular weight excluding hydrogens is 308 g/mol. The molecule has 0 saturated carbocycles. The first kappa shape index (κ1) is 18.1. The minimum Gasteiger partial charge on any atom is -0.497 e. The summed E-state index contributed by atoms with van der Waals surface area (Å²) >= 11 is 0. The standard InChI is InChI=1S/C18H26N2O4/c1-17(2,3)14-11-12(24-4)5-6-13(14)18(15(19)21)7-9-20(10-8-18)16(22)23/h5-6,11H,7-10H2,1-4H3,(H2,19,21)(H,22,23). The SMILES string of the molecule is COc1ccc(C2(C(N)=O)CCN(C(=O)O)CC2)c(C(C)(C)C)c1. The van der Waals surface area contributed by atoms with Crippen LogP contribution in [0.4, 0.5) is 4.79 Å². The smallest absolute Gasteiger partial charge is 0.407 e. The van der Waals surface area contributed by atoms with E-state index in [1.807, 2.05) is 18.2 Å². The average molecular weight is 334 g/mol. The summed E-state index contributed by atoms with van der Waals surface area (Å²) in [6.45, 7) is 6.83. The number of likely N-dealkylation sites (tertiary alicyclic amines) is 1. The third-order valence-electron chi connectivity index (χ3n) is 4.91. The van der Waals surface area contributed by atoms with E-state index >= 15 is 0 Å². The zero-order valence-corrected chi connectivity index (χ0v) is 14.8. The summed E-state index contributed by atoms with van der Waals surface area (Å²) in [6, 6.07) is 5.68. The van der Waals surface area contributed by atoms with E-state index in [0.29, 0.717) is 25.9 Å². The maximum atomic E-state index is 12.4. The van der Waals surface area contributed by atoms with Gasteiger partial charge in [0.25, 0.3) is 0 Å². The Morgan fingerprint density at radius 3 is 2.25 bits per heavy atom. The molecule has 1 aromatic rings. The molecule has 1 aliphatic rings. The van der Waals surface area contributed by atoms with Gasteiger partial charge in [-0.15, -0.1) is 0 Å². The normalized spacial score (nSPS) is 17.4. The summed E-state index contributed by atoms with van der Waals surface area (Å²) in [6.07, 6.45) is -0.174. The van der Waals surface area contributed by atoms with Crippen molar-refractivity contribution >= 4 is 12.0 Å². The summed E-state index contributed by atoms with van der Waals surface area (Å²) in [5, 5.41) is 9.16. The first-order valence-electron chi connectivity index (χ1n) is 8.08. The van der Waals surface area contributed by atoms with Crippen LogP contribution in [0.1, 0.15) is 44.7 Å². The van der Waals surface area contributed by atoms with Gasteiger partial charge in [0.15, 0.2) is 0 Å². The zero-order chi connectivity index (χ0) is 18.1. The van der Waals surface area contributed by atoms with Gasteiger partial charge in [0.2, 0.25) is 5.91 Å². The maximum Gasteiger partial charge on any atom is 0.407 e. The van der Waals surface area contributed by atoms with Crippen LogP contribution in [-0.4, -0.2) is 42.2 Å². The highest BCUT2D eigenvalue weighted by Gasteiger charge is 2.44. The lowest BCUT2D eigenvalue weighted by Crippen LogP contribution is -2.52. The molecule has 1 saturated heterocycles. The van der Waals surface area contributed by atoms with Crippen molar-refractivity contribution in [3.05, 3.63) is 29.3 Å². The molecule has 1 aromatic carbocycles. The Kier molecular flexibility index (Phi) is 4.78. The van der Waals surface area contributed by atoms with Crippen molar-refractivity contribution in [2.45, 2.75) is 44.4 Å². The van der Waals surface area contributed by atoms with E-state index in [-0.39, 0.29) is 5.41 Å². The van der Waals surface area contributed by atoms with Gasteiger partial charge in [-0.2, -0.15) is 0 Å². The minimum absolute atomic E-state index is 0.198. The quantitative estimate of drug-likeness (QED) is 0.888. The average Bonchev–Trinajstić information content (AvgIpc) is 2.53. The van der Waals surface area contributed by atoms with Crippen LogP contribution < -0.4 is 10.5 Å². The summed E-state index contributed by atoms with van der Waals surface area (Å²) in [5.41, 5.74) is 6.64. The van der Waals surface area contributed by atoms with Gasteiger partial charge in [0.05, 0.1) is 12.5 Å². The van der Waals surface area contributed by atoms with Crippen LogP contribution >= 0.6 is 0 Å². The number of hydrogen-bond acceptors (Lipinski definition) is 3. The van der Waals surface area contributed by atoms with Crippen molar-refractivity contribution in [3.8, 4) is 5.75 Å². The number of nitrogens with two attached hydrogens (primary N) is 1. The second-order valence-electron chi connectivity index (χ2n) is 7.38. The molecule has 132 valence electrons. The van der Waals surface area contributed by atoms with Crippen molar-refractivity contribution in [1.29, 1.82) is 0 Å². The van der Waals surface area contributed by atoms with Crippen LogP contribution in [0.15, 0.2) is 18.2 Å². The van der Waals surface area contributed by atoms with E-state index in [9.17, 15) is 9.59 Å². The summed E-state index contributed by atoms with van der Waals surface area (Å²) in [5.74, 6) is 0.328. The number of hydrogen-bond donors (Lipinski definition) is 2. The van der Waals surface area contributed by atoms with Crippen molar-refractivity contribution < 1.29 is 19.4 Å². The first-order valence-corrected chi connectivity index (χ1v) is 8.08. The van der Waals surface area contributed by atoms with E-state index in [0.717, 1.165) is 16.9 Å². The van der Waals surface area contributed by atoms with Crippen LogP contribution in [0, 0.1) is 0 Å². The molecule has 0 radical (unpaired) electrons. The van der Waals surface area contributed by atoms with Gasteiger partial charge in [-0.05, 0) is 41.5 Å². The molecule has 0 bridgehead atoms. The number of carbonyl (C=O) groups is 2. The number of ether oxygens (including phenoxy) is 1. The third kappa shape index (κ3) is 3.18. The first-order chi connectivity index (χ1) is 11.1. The summed E-state index contributed by atoms with van der Waals surface area (Å²) in [7, 11) is 1.61. The lowest BCUT2D eigenvalue weighted by atomic mass is 9.67. The Morgan fingerprint density at radius 2 is 1.83 bits per heavy atom. The number of piperidine rings is 1. The molecule has 0 unspecified atom stereocenters. The molecule has 3 N–H and O–H groups in total. The van der Waals surface area contributed by atoms with Gasteiger partial charge in [-0.25, -0.2) is 4.79 Å². The molecule has 2 rings (SSSR count). The monoisotopic (exact) mass is 334 g/mol. The molecule has 6 nitrogen and oxygen atoms in total. The number of rotatable bonds is 3. The predicted molar refractivity (Wildman–Crippen MR) is 91.4 cm³/mol. The van der Waals surface area contributed by atoms with Crippen LogP contribution in [0.2, 0.25) is 0 Å². The molecule has 1 fully saturated rings. The minimum atomic E-state index is -0.959. The van der Waals surface area contributed by atoms with E-state index in [2.05, 4.69) is 20.8 Å². The van der Waals surface area contributed by atoms with E-state index < -0.39 is 17.4 Å². The van der Waals surface area contributed by atoms with Gasteiger partial charge in [-0.1, -0.05) is 26.8 Å². The number of primary amides is 1. The summed E-state index contributed by atoms with van der Waals surface area (Å²) in [4.78, 5) is 24.9. The van der Waals surface area contributed by atoms with Crippen molar-refractivity contribution in [2.24, 2.45) is 5.73 Å². The second kappa shape index (κ2) is 6.34. The van der Waals surface area contributed by atoms with Gasteiger partial charge >= 0.3 is 6.09 Å². The lowest BCUT2D eigenvalue weighted by Gasteiger charge is -2.41. The maximum absolute atomic E-state index is 12.4.